The van der Waals surface area contributed by atoms with Crippen LogP contribution in [0.5, 0.6) is 5.75 Å². The number of halogens is 1. The van der Waals surface area contributed by atoms with Crippen LogP contribution in [0.1, 0.15) is 18.2 Å². The summed E-state index contributed by atoms with van der Waals surface area (Å²) in [5, 5.41) is 3.34. The Hall–Kier alpha value is -1.26. The molecule has 0 aliphatic rings. The van der Waals surface area contributed by atoms with Gasteiger partial charge in [-0.15, -0.1) is 11.3 Å². The lowest BCUT2D eigenvalue weighted by atomic mass is 10.3. The predicted molar refractivity (Wildman–Crippen MR) is 76.7 cm³/mol. The van der Waals surface area contributed by atoms with Crippen LogP contribution >= 0.6 is 22.9 Å². The van der Waals surface area contributed by atoms with E-state index in [-0.39, 0.29) is 0 Å². The fourth-order valence-corrected chi connectivity index (χ4v) is 2.42. The average molecular weight is 283 g/mol. The van der Waals surface area contributed by atoms with Crippen molar-refractivity contribution in [2.75, 3.05) is 11.9 Å². The van der Waals surface area contributed by atoms with E-state index in [1.165, 1.54) is 11.3 Å². The Morgan fingerprint density at radius 1 is 1.39 bits per heavy atom. The summed E-state index contributed by atoms with van der Waals surface area (Å²) in [6.45, 7) is 3.53. The van der Waals surface area contributed by atoms with Gasteiger partial charge >= 0.3 is 0 Å². The summed E-state index contributed by atoms with van der Waals surface area (Å²) < 4.78 is 6.25. The van der Waals surface area contributed by atoms with Gasteiger partial charge in [-0.3, -0.25) is 0 Å². The van der Waals surface area contributed by atoms with Crippen molar-refractivity contribution >= 4 is 28.6 Å². The molecule has 0 saturated carbocycles. The van der Waals surface area contributed by atoms with Gasteiger partial charge in [0.25, 0.3) is 0 Å². The van der Waals surface area contributed by atoms with Gasteiger partial charge in [-0.25, -0.2) is 4.98 Å². The van der Waals surface area contributed by atoms with Crippen LogP contribution in [0.2, 0.25) is 4.47 Å². The SMILES string of the molecule is CCCOc1ccccc1NCc1cnc(Cl)s1. The first kappa shape index (κ1) is 13.2. The van der Waals surface area contributed by atoms with E-state index in [1.54, 1.807) is 6.20 Å². The van der Waals surface area contributed by atoms with Crippen LogP contribution < -0.4 is 10.1 Å². The topological polar surface area (TPSA) is 34.1 Å². The van der Waals surface area contributed by atoms with E-state index in [1.807, 2.05) is 24.3 Å². The molecule has 0 aliphatic carbocycles. The van der Waals surface area contributed by atoms with Crippen molar-refractivity contribution in [3.8, 4) is 5.75 Å². The van der Waals surface area contributed by atoms with Gasteiger partial charge in [-0.05, 0) is 18.6 Å². The van der Waals surface area contributed by atoms with E-state index in [9.17, 15) is 0 Å². The number of ether oxygens (including phenoxy) is 1. The molecule has 2 rings (SSSR count). The van der Waals surface area contributed by atoms with Gasteiger partial charge in [-0.1, -0.05) is 30.7 Å². The number of aromatic nitrogens is 1. The molecule has 0 aliphatic heterocycles. The molecule has 1 heterocycles. The number of thiazole rings is 1. The van der Waals surface area contributed by atoms with Crippen molar-refractivity contribution in [2.45, 2.75) is 19.9 Å². The normalized spacial score (nSPS) is 10.3. The molecule has 0 saturated heterocycles. The number of nitrogens with one attached hydrogen (secondary N) is 1. The number of hydrogen-bond acceptors (Lipinski definition) is 4. The zero-order valence-corrected chi connectivity index (χ0v) is 11.7. The lowest BCUT2D eigenvalue weighted by Crippen LogP contribution is -2.02. The van der Waals surface area contributed by atoms with E-state index in [0.717, 1.165) is 29.3 Å². The van der Waals surface area contributed by atoms with Crippen LogP contribution in [0.3, 0.4) is 0 Å². The molecular formula is C13H15ClN2OS. The Morgan fingerprint density at radius 3 is 2.94 bits per heavy atom. The van der Waals surface area contributed by atoms with Crippen LogP contribution in [0.25, 0.3) is 0 Å². The number of anilines is 1. The Bertz CT molecular complexity index is 501. The highest BCUT2D eigenvalue weighted by Gasteiger charge is 2.04. The minimum Gasteiger partial charge on any atom is -0.491 e. The first-order chi connectivity index (χ1) is 8.79. The summed E-state index contributed by atoms with van der Waals surface area (Å²) in [6.07, 6.45) is 2.79. The molecule has 1 N–H and O–H groups in total. The molecule has 2 aromatic rings. The van der Waals surface area contributed by atoms with Crippen molar-refractivity contribution in [1.29, 1.82) is 0 Å². The van der Waals surface area contributed by atoms with Gasteiger partial charge in [0.1, 0.15) is 5.75 Å². The second-order valence-electron chi connectivity index (χ2n) is 3.78. The fourth-order valence-electron chi connectivity index (χ4n) is 1.50. The predicted octanol–water partition coefficient (Wildman–Crippen LogP) is 4.20. The van der Waals surface area contributed by atoms with Gasteiger partial charge in [0, 0.05) is 11.1 Å². The largest absolute Gasteiger partial charge is 0.491 e. The number of rotatable bonds is 6. The van der Waals surface area contributed by atoms with Gasteiger partial charge in [-0.2, -0.15) is 0 Å². The molecule has 5 heteroatoms. The van der Waals surface area contributed by atoms with Gasteiger partial charge in [0.05, 0.1) is 18.8 Å². The summed E-state index contributed by atoms with van der Waals surface area (Å²) in [4.78, 5) is 5.12. The Kier molecular flexibility index (Phi) is 4.84. The molecule has 3 nitrogen and oxygen atoms in total. The zero-order valence-electron chi connectivity index (χ0n) is 10.1. The summed E-state index contributed by atoms with van der Waals surface area (Å²) in [5.41, 5.74) is 0.996. The third-order valence-electron chi connectivity index (χ3n) is 2.33. The lowest BCUT2D eigenvalue weighted by molar-refractivity contribution is 0.319. The Balaban J connectivity index is 1.99. The first-order valence-electron chi connectivity index (χ1n) is 5.85. The lowest BCUT2D eigenvalue weighted by Gasteiger charge is -2.11. The van der Waals surface area contributed by atoms with E-state index in [0.29, 0.717) is 11.0 Å². The monoisotopic (exact) mass is 282 g/mol. The maximum absolute atomic E-state index is 5.80. The third kappa shape index (κ3) is 3.62. The molecule has 0 amide bonds. The number of benzene rings is 1. The molecule has 96 valence electrons. The van der Waals surface area contributed by atoms with E-state index < -0.39 is 0 Å². The molecule has 1 aromatic heterocycles. The highest BCUT2D eigenvalue weighted by atomic mass is 35.5. The molecule has 0 fully saturated rings. The summed E-state index contributed by atoms with van der Waals surface area (Å²) in [5.74, 6) is 0.884. The smallest absolute Gasteiger partial charge is 0.183 e. The summed E-state index contributed by atoms with van der Waals surface area (Å²) in [6, 6.07) is 7.94. The molecular weight excluding hydrogens is 268 g/mol. The van der Waals surface area contributed by atoms with Crippen molar-refractivity contribution < 1.29 is 4.74 Å². The highest BCUT2D eigenvalue weighted by molar-refractivity contribution is 7.15. The Morgan fingerprint density at radius 2 is 2.22 bits per heavy atom. The zero-order chi connectivity index (χ0) is 12.8. The quantitative estimate of drug-likeness (QED) is 0.862. The highest BCUT2D eigenvalue weighted by Crippen LogP contribution is 2.25. The summed E-state index contributed by atoms with van der Waals surface area (Å²) in [7, 11) is 0. The number of hydrogen-bond donors (Lipinski definition) is 1. The van der Waals surface area contributed by atoms with Gasteiger partial charge in [0.15, 0.2) is 4.47 Å². The number of para-hydroxylation sites is 2. The average Bonchev–Trinajstić information content (AvgIpc) is 2.81. The van der Waals surface area contributed by atoms with E-state index in [2.05, 4.69) is 17.2 Å². The van der Waals surface area contributed by atoms with Crippen molar-refractivity contribution in [2.24, 2.45) is 0 Å². The van der Waals surface area contributed by atoms with Crippen molar-refractivity contribution in [1.82, 2.24) is 4.98 Å². The standard InChI is InChI=1S/C13H15ClN2OS/c1-2-7-17-12-6-4-3-5-11(12)15-8-10-9-16-13(14)18-10/h3-6,9,15H,2,7-8H2,1H3. The minimum absolute atomic E-state index is 0.572. The fraction of sp³-hybridized carbons (Fsp3) is 0.308. The van der Waals surface area contributed by atoms with Crippen LogP contribution in [-0.2, 0) is 6.54 Å². The first-order valence-corrected chi connectivity index (χ1v) is 7.05. The maximum Gasteiger partial charge on any atom is 0.183 e. The molecule has 1 aromatic carbocycles. The van der Waals surface area contributed by atoms with Crippen LogP contribution in [0, 0.1) is 0 Å². The van der Waals surface area contributed by atoms with Crippen LogP contribution in [0.4, 0.5) is 5.69 Å². The van der Waals surface area contributed by atoms with Crippen LogP contribution in [-0.4, -0.2) is 11.6 Å². The molecule has 0 unspecified atom stereocenters. The van der Waals surface area contributed by atoms with Crippen LogP contribution in [0.15, 0.2) is 30.5 Å². The van der Waals surface area contributed by atoms with Crippen molar-refractivity contribution in [3.05, 3.63) is 39.8 Å². The molecule has 0 bridgehead atoms. The molecule has 0 spiro atoms. The second-order valence-corrected chi connectivity index (χ2v) is 5.48. The van der Waals surface area contributed by atoms with E-state index in [4.69, 9.17) is 16.3 Å². The van der Waals surface area contributed by atoms with Crippen molar-refractivity contribution in [3.63, 3.8) is 0 Å². The second kappa shape index (κ2) is 6.61. The molecule has 18 heavy (non-hydrogen) atoms. The molecule has 0 radical (unpaired) electrons. The molecule has 0 atom stereocenters. The minimum atomic E-state index is 0.572. The number of nitrogens with zero attached hydrogens (tertiary/aromatic N) is 1. The maximum atomic E-state index is 5.80. The van der Waals surface area contributed by atoms with Gasteiger partial charge < -0.3 is 10.1 Å². The van der Waals surface area contributed by atoms with E-state index >= 15 is 0 Å². The van der Waals surface area contributed by atoms with Gasteiger partial charge in [0.2, 0.25) is 0 Å². The summed E-state index contributed by atoms with van der Waals surface area (Å²) >= 11 is 7.28. The Labute approximate surface area is 116 Å². The third-order valence-corrected chi connectivity index (χ3v) is 3.44.